The second kappa shape index (κ2) is 6.38. The SMILES string of the molecule is N#Cc1ccc(Oc2nc(-c3ccccn3)nc3ccccc23)cc1. The van der Waals surface area contributed by atoms with Crippen molar-refractivity contribution in [1.82, 2.24) is 15.0 Å². The number of fused-ring (bicyclic) bond motifs is 1. The van der Waals surface area contributed by atoms with Gasteiger partial charge in [-0.25, -0.2) is 4.98 Å². The molecule has 4 rings (SSSR count). The first-order valence-corrected chi connectivity index (χ1v) is 7.70. The highest BCUT2D eigenvalue weighted by Gasteiger charge is 2.11. The maximum absolute atomic E-state index is 8.90. The maximum atomic E-state index is 8.90. The summed E-state index contributed by atoms with van der Waals surface area (Å²) in [7, 11) is 0. The van der Waals surface area contributed by atoms with Crippen LogP contribution in [0.1, 0.15) is 5.56 Å². The Morgan fingerprint density at radius 2 is 1.64 bits per heavy atom. The Hall–Kier alpha value is -3.78. The van der Waals surface area contributed by atoms with E-state index in [0.29, 0.717) is 28.7 Å². The van der Waals surface area contributed by atoms with Crippen LogP contribution in [0.5, 0.6) is 11.6 Å². The molecule has 5 nitrogen and oxygen atoms in total. The van der Waals surface area contributed by atoms with E-state index in [-0.39, 0.29) is 0 Å². The highest BCUT2D eigenvalue weighted by Crippen LogP contribution is 2.29. The lowest BCUT2D eigenvalue weighted by Gasteiger charge is -2.10. The number of benzene rings is 2. The van der Waals surface area contributed by atoms with Gasteiger partial charge < -0.3 is 4.74 Å². The second-order valence-corrected chi connectivity index (χ2v) is 5.32. The fourth-order valence-corrected chi connectivity index (χ4v) is 2.44. The first-order valence-electron chi connectivity index (χ1n) is 7.70. The topological polar surface area (TPSA) is 71.7 Å². The Bertz CT molecular complexity index is 1070. The average Bonchev–Trinajstić information content (AvgIpc) is 2.69. The van der Waals surface area contributed by atoms with Gasteiger partial charge in [-0.2, -0.15) is 10.2 Å². The van der Waals surface area contributed by atoms with Crippen LogP contribution in [0.3, 0.4) is 0 Å². The number of hydrogen-bond acceptors (Lipinski definition) is 5. The van der Waals surface area contributed by atoms with Gasteiger partial charge in [0.05, 0.1) is 22.5 Å². The molecule has 0 atom stereocenters. The summed E-state index contributed by atoms with van der Waals surface area (Å²) in [5.74, 6) is 1.56. The summed E-state index contributed by atoms with van der Waals surface area (Å²) in [6, 6.07) is 22.2. The molecule has 0 fully saturated rings. The van der Waals surface area contributed by atoms with Crippen molar-refractivity contribution in [1.29, 1.82) is 5.26 Å². The fourth-order valence-electron chi connectivity index (χ4n) is 2.44. The number of hydrogen-bond donors (Lipinski definition) is 0. The summed E-state index contributed by atoms with van der Waals surface area (Å²) >= 11 is 0. The molecule has 25 heavy (non-hydrogen) atoms. The third-order valence-corrected chi connectivity index (χ3v) is 3.66. The van der Waals surface area contributed by atoms with E-state index in [1.165, 1.54) is 0 Å². The van der Waals surface area contributed by atoms with Gasteiger partial charge in [0.25, 0.3) is 0 Å². The first-order chi connectivity index (χ1) is 12.3. The van der Waals surface area contributed by atoms with Gasteiger partial charge in [-0.1, -0.05) is 18.2 Å². The second-order valence-electron chi connectivity index (χ2n) is 5.32. The number of pyridine rings is 1. The molecule has 0 saturated heterocycles. The normalized spacial score (nSPS) is 10.4. The van der Waals surface area contributed by atoms with Crippen molar-refractivity contribution >= 4 is 10.9 Å². The summed E-state index contributed by atoms with van der Waals surface area (Å²) in [6.45, 7) is 0. The monoisotopic (exact) mass is 324 g/mol. The van der Waals surface area contributed by atoms with Crippen LogP contribution in [0.4, 0.5) is 0 Å². The number of rotatable bonds is 3. The van der Waals surface area contributed by atoms with Gasteiger partial charge in [0.1, 0.15) is 11.4 Å². The number of nitrogens with zero attached hydrogens (tertiary/aromatic N) is 4. The third kappa shape index (κ3) is 3.01. The Morgan fingerprint density at radius 1 is 0.840 bits per heavy atom. The predicted octanol–water partition coefficient (Wildman–Crippen LogP) is 4.36. The lowest BCUT2D eigenvalue weighted by molar-refractivity contribution is 0.469. The largest absolute Gasteiger partial charge is 0.438 e. The van der Waals surface area contributed by atoms with Gasteiger partial charge in [0, 0.05) is 6.20 Å². The van der Waals surface area contributed by atoms with E-state index >= 15 is 0 Å². The molecule has 2 aromatic carbocycles. The number of para-hydroxylation sites is 1. The molecule has 0 aliphatic rings. The van der Waals surface area contributed by atoms with E-state index in [1.54, 1.807) is 30.5 Å². The summed E-state index contributed by atoms with van der Waals surface area (Å²) in [4.78, 5) is 13.4. The molecule has 2 heterocycles. The lowest BCUT2D eigenvalue weighted by atomic mass is 10.2. The van der Waals surface area contributed by atoms with Gasteiger partial charge in [0.2, 0.25) is 5.88 Å². The molecule has 0 aliphatic heterocycles. The zero-order valence-corrected chi connectivity index (χ0v) is 13.1. The minimum absolute atomic E-state index is 0.455. The van der Waals surface area contributed by atoms with Crippen LogP contribution >= 0.6 is 0 Å². The van der Waals surface area contributed by atoms with E-state index < -0.39 is 0 Å². The zero-order valence-electron chi connectivity index (χ0n) is 13.1. The first kappa shape index (κ1) is 14.8. The van der Waals surface area contributed by atoms with Crippen LogP contribution in [0.15, 0.2) is 72.9 Å². The van der Waals surface area contributed by atoms with Crippen molar-refractivity contribution in [2.45, 2.75) is 0 Å². The van der Waals surface area contributed by atoms with Crippen LogP contribution in [0.2, 0.25) is 0 Å². The van der Waals surface area contributed by atoms with Crippen LogP contribution in [0, 0.1) is 11.3 Å². The average molecular weight is 324 g/mol. The molecule has 0 spiro atoms. The highest BCUT2D eigenvalue weighted by molar-refractivity contribution is 5.85. The molecule has 0 aliphatic carbocycles. The third-order valence-electron chi connectivity index (χ3n) is 3.66. The minimum Gasteiger partial charge on any atom is -0.438 e. The maximum Gasteiger partial charge on any atom is 0.230 e. The summed E-state index contributed by atoms with van der Waals surface area (Å²) in [5, 5.41) is 9.72. The number of aromatic nitrogens is 3. The van der Waals surface area contributed by atoms with Gasteiger partial charge in [-0.3, -0.25) is 4.98 Å². The van der Waals surface area contributed by atoms with Crippen molar-refractivity contribution in [3.05, 3.63) is 78.5 Å². The van der Waals surface area contributed by atoms with E-state index in [1.807, 2.05) is 42.5 Å². The van der Waals surface area contributed by atoms with Gasteiger partial charge >= 0.3 is 0 Å². The molecule has 2 aromatic heterocycles. The molecule has 0 radical (unpaired) electrons. The van der Waals surface area contributed by atoms with Crippen LogP contribution in [0.25, 0.3) is 22.4 Å². The quantitative estimate of drug-likeness (QED) is 0.560. The highest BCUT2D eigenvalue weighted by atomic mass is 16.5. The van der Waals surface area contributed by atoms with E-state index in [9.17, 15) is 0 Å². The Balaban J connectivity index is 1.82. The van der Waals surface area contributed by atoms with Crippen LogP contribution in [-0.4, -0.2) is 15.0 Å². The summed E-state index contributed by atoms with van der Waals surface area (Å²) in [5.41, 5.74) is 2.04. The van der Waals surface area contributed by atoms with Crippen molar-refractivity contribution in [2.24, 2.45) is 0 Å². The van der Waals surface area contributed by atoms with E-state index in [0.717, 1.165) is 10.9 Å². The fraction of sp³-hybridized carbons (Fsp3) is 0. The number of nitriles is 1. The molecule has 118 valence electrons. The molecular weight excluding hydrogens is 312 g/mol. The Morgan fingerprint density at radius 3 is 2.40 bits per heavy atom. The summed E-state index contributed by atoms with van der Waals surface area (Å²) < 4.78 is 5.96. The van der Waals surface area contributed by atoms with Crippen molar-refractivity contribution in [3.63, 3.8) is 0 Å². The lowest BCUT2D eigenvalue weighted by Crippen LogP contribution is -1.97. The molecule has 4 aromatic rings. The van der Waals surface area contributed by atoms with Crippen molar-refractivity contribution in [2.75, 3.05) is 0 Å². The Kier molecular flexibility index (Phi) is 3.77. The van der Waals surface area contributed by atoms with E-state index in [4.69, 9.17) is 10.00 Å². The van der Waals surface area contributed by atoms with Crippen LogP contribution in [-0.2, 0) is 0 Å². The predicted molar refractivity (Wildman–Crippen MR) is 94.0 cm³/mol. The van der Waals surface area contributed by atoms with Crippen LogP contribution < -0.4 is 4.74 Å². The molecule has 0 saturated carbocycles. The number of ether oxygens (including phenoxy) is 1. The zero-order chi connectivity index (χ0) is 17.1. The molecule has 0 N–H and O–H groups in total. The molecule has 0 bridgehead atoms. The molecule has 0 unspecified atom stereocenters. The van der Waals surface area contributed by atoms with Crippen molar-refractivity contribution in [3.8, 4) is 29.2 Å². The molecular formula is C20H12N4O. The van der Waals surface area contributed by atoms with Crippen molar-refractivity contribution < 1.29 is 4.74 Å². The molecule has 5 heteroatoms. The van der Waals surface area contributed by atoms with Gasteiger partial charge in [-0.05, 0) is 48.5 Å². The van der Waals surface area contributed by atoms with Gasteiger partial charge in [-0.15, -0.1) is 0 Å². The van der Waals surface area contributed by atoms with Gasteiger partial charge in [0.15, 0.2) is 5.82 Å². The smallest absolute Gasteiger partial charge is 0.230 e. The minimum atomic E-state index is 0.455. The summed E-state index contributed by atoms with van der Waals surface area (Å²) in [6.07, 6.45) is 1.70. The molecule has 0 amide bonds. The Labute approximate surface area is 144 Å². The standard InChI is InChI=1S/C20H12N4O/c21-13-14-8-10-15(11-9-14)25-20-16-5-1-2-6-17(16)23-19(24-20)18-7-3-4-12-22-18/h1-12H. The van der Waals surface area contributed by atoms with E-state index in [2.05, 4.69) is 21.0 Å².